The number of ether oxygens (including phenoxy) is 1. The molecule has 0 amide bonds. The topological polar surface area (TPSA) is 21.3 Å². The smallest absolute Gasteiger partial charge is 0.0577 e. The van der Waals surface area contributed by atoms with E-state index in [1.807, 2.05) is 0 Å². The van der Waals surface area contributed by atoms with Crippen molar-refractivity contribution in [1.29, 1.82) is 0 Å². The van der Waals surface area contributed by atoms with Gasteiger partial charge in [-0.15, -0.1) is 0 Å². The highest BCUT2D eigenvalue weighted by atomic mass is 16.5. The minimum absolute atomic E-state index is 0.547. The Balaban J connectivity index is 1.88. The van der Waals surface area contributed by atoms with Crippen LogP contribution in [-0.2, 0) is 4.74 Å². The van der Waals surface area contributed by atoms with Gasteiger partial charge in [0.1, 0.15) is 0 Å². The number of hydrogen-bond acceptors (Lipinski definition) is 2. The Morgan fingerprint density at radius 1 is 1.05 bits per heavy atom. The molecule has 1 N–H and O–H groups in total. The number of unbranched alkanes of at least 4 members (excludes halogenated alkanes) is 2. The summed E-state index contributed by atoms with van der Waals surface area (Å²) in [5, 5.41) is 3.49. The second kappa shape index (κ2) is 9.77. The fourth-order valence-electron chi connectivity index (χ4n) is 2.82. The zero-order valence-corrected chi connectivity index (χ0v) is 13.6. The Morgan fingerprint density at radius 3 is 2.53 bits per heavy atom. The molecule has 0 bridgehead atoms. The van der Waals surface area contributed by atoms with Gasteiger partial charge < -0.3 is 10.1 Å². The molecule has 0 aromatic rings. The van der Waals surface area contributed by atoms with Gasteiger partial charge in [0.15, 0.2) is 0 Å². The average Bonchev–Trinajstić information content (AvgIpc) is 2.36. The van der Waals surface area contributed by atoms with Gasteiger partial charge in [-0.2, -0.15) is 0 Å². The van der Waals surface area contributed by atoms with Gasteiger partial charge in [0.2, 0.25) is 0 Å². The molecule has 1 aliphatic carbocycles. The highest BCUT2D eigenvalue weighted by molar-refractivity contribution is 4.75. The van der Waals surface area contributed by atoms with Gasteiger partial charge in [-0.3, -0.25) is 0 Å². The van der Waals surface area contributed by atoms with E-state index in [4.69, 9.17) is 4.74 Å². The summed E-state index contributed by atoms with van der Waals surface area (Å²) in [5.41, 5.74) is 0. The summed E-state index contributed by atoms with van der Waals surface area (Å²) in [4.78, 5) is 0. The van der Waals surface area contributed by atoms with E-state index in [9.17, 15) is 0 Å². The maximum Gasteiger partial charge on any atom is 0.0577 e. The van der Waals surface area contributed by atoms with Crippen LogP contribution in [0.25, 0.3) is 0 Å². The summed E-state index contributed by atoms with van der Waals surface area (Å²) in [6.07, 6.45) is 8.26. The van der Waals surface area contributed by atoms with Crippen molar-refractivity contribution in [2.24, 2.45) is 17.8 Å². The van der Waals surface area contributed by atoms with Gasteiger partial charge in [0, 0.05) is 6.61 Å². The third-order valence-electron chi connectivity index (χ3n) is 4.45. The summed E-state index contributed by atoms with van der Waals surface area (Å²) in [5.74, 6) is 2.50. The molecule has 0 aliphatic heterocycles. The van der Waals surface area contributed by atoms with E-state index in [-0.39, 0.29) is 0 Å². The second-order valence-electron chi connectivity index (χ2n) is 6.92. The van der Waals surface area contributed by atoms with Crippen LogP contribution in [0.1, 0.15) is 66.2 Å². The molecule has 1 rings (SSSR count). The van der Waals surface area contributed by atoms with Crippen molar-refractivity contribution < 1.29 is 4.74 Å². The van der Waals surface area contributed by atoms with Crippen LogP contribution in [0.5, 0.6) is 0 Å². The largest absolute Gasteiger partial charge is 0.378 e. The fraction of sp³-hybridized carbons (Fsp3) is 1.00. The molecule has 3 atom stereocenters. The summed E-state index contributed by atoms with van der Waals surface area (Å²) in [6, 6.07) is 0. The van der Waals surface area contributed by atoms with Crippen molar-refractivity contribution in [2.75, 3.05) is 19.7 Å². The SMILES string of the molecule is CC(C)CNCCCCCOC1CCC(C)C(C)C1. The van der Waals surface area contributed by atoms with Crippen LogP contribution in [0.15, 0.2) is 0 Å². The van der Waals surface area contributed by atoms with Gasteiger partial charge in [-0.1, -0.05) is 27.7 Å². The minimum atomic E-state index is 0.547. The van der Waals surface area contributed by atoms with Crippen molar-refractivity contribution >= 4 is 0 Å². The van der Waals surface area contributed by atoms with Crippen LogP contribution >= 0.6 is 0 Å². The van der Waals surface area contributed by atoms with Gasteiger partial charge in [0.05, 0.1) is 6.10 Å². The molecule has 2 heteroatoms. The van der Waals surface area contributed by atoms with Crippen LogP contribution in [-0.4, -0.2) is 25.8 Å². The normalized spacial score (nSPS) is 27.9. The first-order valence-electron chi connectivity index (χ1n) is 8.42. The predicted molar refractivity (Wildman–Crippen MR) is 83.5 cm³/mol. The number of rotatable bonds is 9. The summed E-state index contributed by atoms with van der Waals surface area (Å²) >= 11 is 0. The second-order valence-corrected chi connectivity index (χ2v) is 6.92. The molecule has 19 heavy (non-hydrogen) atoms. The molecule has 1 saturated carbocycles. The number of nitrogens with one attached hydrogen (secondary N) is 1. The molecule has 2 nitrogen and oxygen atoms in total. The zero-order chi connectivity index (χ0) is 14.1. The third-order valence-corrected chi connectivity index (χ3v) is 4.45. The molecule has 0 aromatic heterocycles. The first kappa shape index (κ1) is 17.0. The molecule has 1 fully saturated rings. The summed E-state index contributed by atoms with van der Waals surface area (Å²) in [6.45, 7) is 12.5. The van der Waals surface area contributed by atoms with Crippen molar-refractivity contribution in [3.63, 3.8) is 0 Å². The van der Waals surface area contributed by atoms with Crippen LogP contribution in [0.3, 0.4) is 0 Å². The Bertz CT molecular complexity index is 217. The van der Waals surface area contributed by atoms with Crippen molar-refractivity contribution in [1.82, 2.24) is 5.32 Å². The Hall–Kier alpha value is -0.0800. The maximum absolute atomic E-state index is 6.03. The lowest BCUT2D eigenvalue weighted by atomic mass is 9.80. The molecular formula is C17H35NO. The van der Waals surface area contributed by atoms with Crippen molar-refractivity contribution in [3.8, 4) is 0 Å². The van der Waals surface area contributed by atoms with E-state index in [1.54, 1.807) is 0 Å². The summed E-state index contributed by atoms with van der Waals surface area (Å²) in [7, 11) is 0. The molecule has 0 aromatic carbocycles. The molecule has 114 valence electrons. The van der Waals surface area contributed by atoms with E-state index >= 15 is 0 Å². The Morgan fingerprint density at radius 2 is 1.84 bits per heavy atom. The van der Waals surface area contributed by atoms with Crippen molar-refractivity contribution in [2.45, 2.75) is 72.3 Å². The first-order valence-corrected chi connectivity index (χ1v) is 8.42. The van der Waals surface area contributed by atoms with Gasteiger partial charge in [0.25, 0.3) is 0 Å². The number of hydrogen-bond donors (Lipinski definition) is 1. The monoisotopic (exact) mass is 269 g/mol. The lowest BCUT2D eigenvalue weighted by molar-refractivity contribution is 0.00104. The first-order chi connectivity index (χ1) is 9.09. The summed E-state index contributed by atoms with van der Waals surface area (Å²) < 4.78 is 6.03. The lowest BCUT2D eigenvalue weighted by Gasteiger charge is -2.32. The van der Waals surface area contributed by atoms with Gasteiger partial charge >= 0.3 is 0 Å². The quantitative estimate of drug-likeness (QED) is 0.632. The molecule has 3 unspecified atom stereocenters. The van der Waals surface area contributed by atoms with Crippen LogP contribution in [0.4, 0.5) is 0 Å². The standard InChI is InChI=1S/C17H35NO/c1-14(2)13-18-10-6-5-7-11-19-17-9-8-15(3)16(4)12-17/h14-18H,5-13H2,1-4H3. The predicted octanol–water partition coefficient (Wildman–Crippen LogP) is 4.24. The average molecular weight is 269 g/mol. The van der Waals surface area contributed by atoms with Gasteiger partial charge in [-0.05, 0) is 69.4 Å². The Kier molecular flexibility index (Phi) is 8.72. The van der Waals surface area contributed by atoms with Gasteiger partial charge in [-0.25, -0.2) is 0 Å². The maximum atomic E-state index is 6.03. The molecule has 0 heterocycles. The molecule has 0 saturated heterocycles. The Labute approximate surface area is 120 Å². The van der Waals surface area contributed by atoms with Crippen molar-refractivity contribution in [3.05, 3.63) is 0 Å². The van der Waals surface area contributed by atoms with E-state index in [0.717, 1.165) is 37.5 Å². The van der Waals surface area contributed by atoms with Crippen LogP contribution in [0.2, 0.25) is 0 Å². The minimum Gasteiger partial charge on any atom is -0.378 e. The van der Waals surface area contributed by atoms with Crippen LogP contribution < -0.4 is 5.32 Å². The lowest BCUT2D eigenvalue weighted by Crippen LogP contribution is -2.27. The van der Waals surface area contributed by atoms with E-state index in [2.05, 4.69) is 33.0 Å². The van der Waals surface area contributed by atoms with E-state index < -0.39 is 0 Å². The van der Waals surface area contributed by atoms with E-state index in [1.165, 1.54) is 38.5 Å². The highest BCUT2D eigenvalue weighted by Gasteiger charge is 2.24. The fourth-order valence-corrected chi connectivity index (χ4v) is 2.82. The third kappa shape index (κ3) is 7.94. The molecule has 0 radical (unpaired) electrons. The zero-order valence-electron chi connectivity index (χ0n) is 13.6. The molecular weight excluding hydrogens is 234 g/mol. The van der Waals surface area contributed by atoms with E-state index in [0.29, 0.717) is 6.10 Å². The molecule has 1 aliphatic rings. The highest BCUT2D eigenvalue weighted by Crippen LogP contribution is 2.30. The van der Waals surface area contributed by atoms with Crippen LogP contribution in [0, 0.1) is 17.8 Å². The molecule has 0 spiro atoms.